The standard InChI is InChI=1S/C22H29N3O4S/c1-16-6-8-17(9-7-16)19(25-12-4-5-13-25)15-24-22(26)18-10-11-20(29-3)21(14-18)30(27,28)23-2/h6-11,14,19,23H,4-5,12-13,15H2,1-3H3,(H,24,26). The Hall–Kier alpha value is -2.42. The molecule has 0 radical (unpaired) electrons. The van der Waals surface area contributed by atoms with Crippen molar-refractivity contribution < 1.29 is 17.9 Å². The van der Waals surface area contributed by atoms with Gasteiger partial charge in [0.15, 0.2) is 0 Å². The predicted molar refractivity (Wildman–Crippen MR) is 116 cm³/mol. The van der Waals surface area contributed by atoms with E-state index in [2.05, 4.69) is 46.1 Å². The average molecular weight is 432 g/mol. The van der Waals surface area contributed by atoms with Crippen LogP contribution in [0.25, 0.3) is 0 Å². The fraction of sp³-hybridized carbons (Fsp3) is 0.409. The Morgan fingerprint density at radius 2 is 1.80 bits per heavy atom. The number of ether oxygens (including phenoxy) is 1. The second-order valence-electron chi connectivity index (χ2n) is 7.45. The molecule has 0 aliphatic carbocycles. The molecule has 1 fully saturated rings. The van der Waals surface area contributed by atoms with Crippen molar-refractivity contribution in [2.75, 3.05) is 33.8 Å². The van der Waals surface area contributed by atoms with Crippen LogP contribution in [0.1, 0.15) is 40.4 Å². The molecular weight excluding hydrogens is 402 g/mol. The Bertz CT molecular complexity index is 984. The second kappa shape index (κ2) is 9.59. The normalized spacial score (nSPS) is 15.7. The molecule has 1 heterocycles. The van der Waals surface area contributed by atoms with Crippen LogP contribution >= 0.6 is 0 Å². The summed E-state index contributed by atoms with van der Waals surface area (Å²) in [4.78, 5) is 15.2. The van der Waals surface area contributed by atoms with Crippen LogP contribution in [0, 0.1) is 6.92 Å². The lowest BCUT2D eigenvalue weighted by molar-refractivity contribution is 0.0937. The van der Waals surface area contributed by atoms with E-state index in [1.807, 2.05) is 0 Å². The molecule has 2 N–H and O–H groups in total. The third-order valence-corrected chi connectivity index (χ3v) is 6.92. The number of rotatable bonds is 8. The van der Waals surface area contributed by atoms with E-state index in [1.165, 1.54) is 31.9 Å². The van der Waals surface area contributed by atoms with Crippen LogP contribution < -0.4 is 14.8 Å². The number of carbonyl (C=O) groups excluding carboxylic acids is 1. The molecule has 1 aliphatic heterocycles. The molecule has 0 bridgehead atoms. The minimum Gasteiger partial charge on any atom is -0.495 e. The molecule has 2 aromatic carbocycles. The van der Waals surface area contributed by atoms with Crippen LogP contribution in [-0.4, -0.2) is 53.0 Å². The van der Waals surface area contributed by atoms with E-state index in [0.717, 1.165) is 31.5 Å². The van der Waals surface area contributed by atoms with Gasteiger partial charge in [0.05, 0.1) is 13.2 Å². The summed E-state index contributed by atoms with van der Waals surface area (Å²) in [5, 5.41) is 2.99. The van der Waals surface area contributed by atoms with Gasteiger partial charge in [0.1, 0.15) is 10.6 Å². The number of likely N-dealkylation sites (tertiary alicyclic amines) is 1. The lowest BCUT2D eigenvalue weighted by Crippen LogP contribution is -2.36. The Labute approximate surface area is 178 Å². The monoisotopic (exact) mass is 431 g/mol. The molecule has 3 rings (SSSR count). The maximum Gasteiger partial charge on any atom is 0.251 e. The van der Waals surface area contributed by atoms with Gasteiger partial charge in [-0.1, -0.05) is 29.8 Å². The zero-order valence-electron chi connectivity index (χ0n) is 17.6. The quantitative estimate of drug-likeness (QED) is 0.671. The molecule has 7 nitrogen and oxygen atoms in total. The summed E-state index contributed by atoms with van der Waals surface area (Å²) in [7, 11) is -1.03. The Balaban J connectivity index is 1.80. The molecule has 0 saturated carbocycles. The van der Waals surface area contributed by atoms with Crippen LogP contribution in [0.4, 0.5) is 0 Å². The summed E-state index contributed by atoms with van der Waals surface area (Å²) in [6.07, 6.45) is 2.31. The fourth-order valence-corrected chi connectivity index (χ4v) is 4.65. The van der Waals surface area contributed by atoms with Gasteiger partial charge in [-0.3, -0.25) is 9.69 Å². The first kappa shape index (κ1) is 22.3. The highest BCUT2D eigenvalue weighted by Crippen LogP contribution is 2.26. The molecule has 0 spiro atoms. The molecule has 2 aromatic rings. The first-order valence-corrected chi connectivity index (χ1v) is 11.5. The van der Waals surface area contributed by atoms with Crippen molar-refractivity contribution in [1.82, 2.24) is 14.9 Å². The largest absolute Gasteiger partial charge is 0.495 e. The number of hydrogen-bond acceptors (Lipinski definition) is 5. The molecule has 1 aliphatic rings. The van der Waals surface area contributed by atoms with Crippen LogP contribution in [-0.2, 0) is 10.0 Å². The summed E-state index contributed by atoms with van der Waals surface area (Å²) < 4.78 is 32.0. The van der Waals surface area contributed by atoms with E-state index in [0.29, 0.717) is 6.54 Å². The van der Waals surface area contributed by atoms with E-state index in [4.69, 9.17) is 4.74 Å². The number of sulfonamides is 1. The predicted octanol–water partition coefficient (Wildman–Crippen LogP) is 2.48. The van der Waals surface area contributed by atoms with E-state index < -0.39 is 10.0 Å². The number of carbonyl (C=O) groups is 1. The van der Waals surface area contributed by atoms with E-state index in [9.17, 15) is 13.2 Å². The van der Waals surface area contributed by atoms with Crippen molar-refractivity contribution >= 4 is 15.9 Å². The Morgan fingerprint density at radius 3 is 2.40 bits per heavy atom. The highest BCUT2D eigenvalue weighted by molar-refractivity contribution is 7.89. The second-order valence-corrected chi connectivity index (χ2v) is 9.31. The smallest absolute Gasteiger partial charge is 0.251 e. The number of nitrogens with one attached hydrogen (secondary N) is 2. The maximum absolute atomic E-state index is 12.8. The molecule has 0 aromatic heterocycles. The molecule has 162 valence electrons. The molecule has 8 heteroatoms. The molecule has 1 unspecified atom stereocenters. The number of hydrogen-bond donors (Lipinski definition) is 2. The Kier molecular flexibility index (Phi) is 7.12. The molecule has 1 amide bonds. The van der Waals surface area contributed by atoms with Crippen LogP contribution in [0.15, 0.2) is 47.4 Å². The van der Waals surface area contributed by atoms with Gasteiger partial charge in [0, 0.05) is 12.1 Å². The third-order valence-electron chi connectivity index (χ3n) is 5.48. The molecular formula is C22H29N3O4S. The zero-order chi connectivity index (χ0) is 21.7. The van der Waals surface area contributed by atoms with Crippen molar-refractivity contribution in [3.8, 4) is 5.75 Å². The van der Waals surface area contributed by atoms with Crippen molar-refractivity contribution in [3.63, 3.8) is 0 Å². The summed E-state index contributed by atoms with van der Waals surface area (Å²) in [6, 6.07) is 12.9. The average Bonchev–Trinajstić information content (AvgIpc) is 3.29. The fourth-order valence-electron chi connectivity index (χ4n) is 3.73. The molecule has 30 heavy (non-hydrogen) atoms. The topological polar surface area (TPSA) is 87.7 Å². The summed E-state index contributed by atoms with van der Waals surface area (Å²) >= 11 is 0. The van der Waals surface area contributed by atoms with E-state index >= 15 is 0 Å². The van der Waals surface area contributed by atoms with Gasteiger partial charge < -0.3 is 10.1 Å². The first-order valence-electron chi connectivity index (χ1n) is 10.1. The van der Waals surface area contributed by atoms with Crippen LogP contribution in [0.5, 0.6) is 5.75 Å². The minimum absolute atomic E-state index is 0.0604. The van der Waals surface area contributed by atoms with Crippen LogP contribution in [0.2, 0.25) is 0 Å². The highest BCUT2D eigenvalue weighted by Gasteiger charge is 2.25. The van der Waals surface area contributed by atoms with Crippen molar-refractivity contribution in [2.24, 2.45) is 0 Å². The van der Waals surface area contributed by atoms with Gasteiger partial charge in [0.2, 0.25) is 10.0 Å². The molecule has 1 saturated heterocycles. The third kappa shape index (κ3) is 5.00. The van der Waals surface area contributed by atoms with E-state index in [1.54, 1.807) is 6.07 Å². The lowest BCUT2D eigenvalue weighted by Gasteiger charge is -2.28. The number of benzene rings is 2. The van der Waals surface area contributed by atoms with Crippen molar-refractivity contribution in [3.05, 3.63) is 59.2 Å². The SMILES string of the molecule is CNS(=O)(=O)c1cc(C(=O)NCC(c2ccc(C)cc2)N2CCCC2)ccc1OC. The molecule has 1 atom stereocenters. The van der Waals surface area contributed by atoms with Gasteiger partial charge in [-0.05, 0) is 63.7 Å². The van der Waals surface area contributed by atoms with Crippen molar-refractivity contribution in [2.45, 2.75) is 30.7 Å². The van der Waals surface area contributed by atoms with Gasteiger partial charge in [-0.2, -0.15) is 0 Å². The zero-order valence-corrected chi connectivity index (χ0v) is 18.5. The lowest BCUT2D eigenvalue weighted by atomic mass is 10.0. The Morgan fingerprint density at radius 1 is 1.13 bits per heavy atom. The maximum atomic E-state index is 12.8. The van der Waals surface area contributed by atoms with Gasteiger partial charge in [-0.25, -0.2) is 13.1 Å². The van der Waals surface area contributed by atoms with Gasteiger partial charge >= 0.3 is 0 Å². The van der Waals surface area contributed by atoms with Crippen molar-refractivity contribution in [1.29, 1.82) is 0 Å². The number of nitrogens with zero attached hydrogens (tertiary/aromatic N) is 1. The number of methoxy groups -OCH3 is 1. The van der Waals surface area contributed by atoms with Crippen LogP contribution in [0.3, 0.4) is 0 Å². The summed E-state index contributed by atoms with van der Waals surface area (Å²) in [5.74, 6) is -0.128. The van der Waals surface area contributed by atoms with Gasteiger partial charge in [0.25, 0.3) is 5.91 Å². The number of amides is 1. The minimum atomic E-state index is -3.75. The summed E-state index contributed by atoms with van der Waals surface area (Å²) in [5.41, 5.74) is 2.63. The first-order chi connectivity index (χ1) is 14.4. The number of aryl methyl sites for hydroxylation is 1. The van der Waals surface area contributed by atoms with E-state index in [-0.39, 0.29) is 28.2 Å². The summed E-state index contributed by atoms with van der Waals surface area (Å²) in [6.45, 7) is 4.50. The highest BCUT2D eigenvalue weighted by atomic mass is 32.2. The van der Waals surface area contributed by atoms with Gasteiger partial charge in [-0.15, -0.1) is 0 Å².